The Morgan fingerprint density at radius 2 is 1.34 bits per heavy atom. The highest BCUT2D eigenvalue weighted by atomic mass is 79.9. The number of ketones is 1. The first-order valence-electron chi connectivity index (χ1n) is 11.6. The lowest BCUT2D eigenvalue weighted by Gasteiger charge is -2.12. The van der Waals surface area contributed by atoms with Gasteiger partial charge in [-0.15, -0.1) is 0 Å². The molecule has 0 bridgehead atoms. The molecular weight excluding hydrogens is 547 g/mol. The van der Waals surface area contributed by atoms with E-state index in [9.17, 15) is 18.8 Å². The first-order chi connectivity index (χ1) is 18.4. The first kappa shape index (κ1) is 26.4. The summed E-state index contributed by atoms with van der Waals surface area (Å²) in [4.78, 5) is 38.4. The molecule has 0 unspecified atom stereocenters. The SMILES string of the molecule is O=C(Nc1ccc(C(=O)/C=C/c2ccc(F)cc2)cc1)/C(=C/c1ccc(Br)cc1)NC(=O)c1ccccc1. The van der Waals surface area contributed by atoms with Crippen molar-refractivity contribution < 1.29 is 18.8 Å². The zero-order chi connectivity index (χ0) is 26.9. The van der Waals surface area contributed by atoms with Crippen LogP contribution in [0.4, 0.5) is 10.1 Å². The zero-order valence-corrected chi connectivity index (χ0v) is 21.6. The predicted molar refractivity (Wildman–Crippen MR) is 151 cm³/mol. The fourth-order valence-electron chi connectivity index (χ4n) is 3.43. The van der Waals surface area contributed by atoms with Gasteiger partial charge >= 0.3 is 0 Å². The summed E-state index contributed by atoms with van der Waals surface area (Å²) < 4.78 is 13.9. The number of amides is 2. The number of carbonyl (C=O) groups excluding carboxylic acids is 3. The van der Waals surface area contributed by atoms with Crippen LogP contribution in [0, 0.1) is 5.82 Å². The maximum atomic E-state index is 13.1. The molecule has 38 heavy (non-hydrogen) atoms. The lowest BCUT2D eigenvalue weighted by atomic mass is 10.1. The summed E-state index contributed by atoms with van der Waals surface area (Å²) >= 11 is 3.38. The van der Waals surface area contributed by atoms with E-state index < -0.39 is 11.8 Å². The van der Waals surface area contributed by atoms with E-state index in [1.165, 1.54) is 18.2 Å². The van der Waals surface area contributed by atoms with Crippen molar-refractivity contribution in [3.05, 3.63) is 147 Å². The Kier molecular flexibility index (Phi) is 8.74. The molecule has 0 heterocycles. The van der Waals surface area contributed by atoms with E-state index in [4.69, 9.17) is 0 Å². The van der Waals surface area contributed by atoms with Crippen molar-refractivity contribution in [2.45, 2.75) is 0 Å². The molecule has 0 aliphatic heterocycles. The number of allylic oxidation sites excluding steroid dienone is 1. The molecule has 0 saturated carbocycles. The normalized spacial score (nSPS) is 11.3. The first-order valence-corrected chi connectivity index (χ1v) is 12.4. The molecule has 5 nitrogen and oxygen atoms in total. The Bertz CT molecular complexity index is 1500. The Labute approximate surface area is 227 Å². The Hall–Kier alpha value is -4.62. The van der Waals surface area contributed by atoms with Crippen molar-refractivity contribution in [1.29, 1.82) is 0 Å². The van der Waals surface area contributed by atoms with Gasteiger partial charge in [0.2, 0.25) is 0 Å². The van der Waals surface area contributed by atoms with Gasteiger partial charge in [-0.2, -0.15) is 0 Å². The monoisotopic (exact) mass is 568 g/mol. The molecule has 4 rings (SSSR count). The molecule has 0 spiro atoms. The molecule has 4 aromatic carbocycles. The molecular formula is C31H22BrFN2O3. The van der Waals surface area contributed by atoms with Crippen molar-refractivity contribution in [2.24, 2.45) is 0 Å². The van der Waals surface area contributed by atoms with Crippen molar-refractivity contribution >= 4 is 51.4 Å². The summed E-state index contributed by atoms with van der Waals surface area (Å²) in [7, 11) is 0. The van der Waals surface area contributed by atoms with E-state index in [0.717, 1.165) is 10.0 Å². The molecule has 2 N–H and O–H groups in total. The largest absolute Gasteiger partial charge is 0.321 e. The summed E-state index contributed by atoms with van der Waals surface area (Å²) in [5.74, 6) is -1.52. The fourth-order valence-corrected chi connectivity index (χ4v) is 3.69. The summed E-state index contributed by atoms with van der Waals surface area (Å²) in [5.41, 5.74) is 2.77. The topological polar surface area (TPSA) is 75.3 Å². The van der Waals surface area contributed by atoms with Crippen molar-refractivity contribution in [1.82, 2.24) is 5.32 Å². The number of benzene rings is 4. The van der Waals surface area contributed by atoms with Crippen LogP contribution < -0.4 is 10.6 Å². The van der Waals surface area contributed by atoms with Gasteiger partial charge in [-0.3, -0.25) is 14.4 Å². The standard InChI is InChI=1S/C31H22BrFN2O3/c32-25-13-6-22(7-14-25)20-28(35-30(37)24-4-2-1-3-5-24)31(38)34-27-17-11-23(12-18-27)29(36)19-10-21-8-15-26(33)16-9-21/h1-20H,(H,34,38)(H,35,37)/b19-10+,28-20-. The molecule has 0 saturated heterocycles. The summed E-state index contributed by atoms with van der Waals surface area (Å²) in [6.45, 7) is 0. The Balaban J connectivity index is 1.48. The van der Waals surface area contributed by atoms with Crippen molar-refractivity contribution in [2.75, 3.05) is 5.32 Å². The summed E-state index contributed by atoms with van der Waals surface area (Å²) in [6, 6.07) is 28.1. The van der Waals surface area contributed by atoms with E-state index in [-0.39, 0.29) is 17.3 Å². The molecule has 0 aromatic heterocycles. The molecule has 2 amide bonds. The number of hydrogen-bond acceptors (Lipinski definition) is 3. The van der Waals surface area contributed by atoms with Gasteiger partial charge in [-0.05, 0) is 83.9 Å². The number of carbonyl (C=O) groups is 3. The molecule has 0 atom stereocenters. The summed E-state index contributed by atoms with van der Waals surface area (Å²) in [5, 5.41) is 5.46. The van der Waals surface area contributed by atoms with Crippen LogP contribution in [0.25, 0.3) is 12.2 Å². The van der Waals surface area contributed by atoms with Crippen LogP contribution in [0.15, 0.2) is 119 Å². The van der Waals surface area contributed by atoms with E-state index in [2.05, 4.69) is 26.6 Å². The highest BCUT2D eigenvalue weighted by Crippen LogP contribution is 2.16. The van der Waals surface area contributed by atoms with Crippen molar-refractivity contribution in [3.63, 3.8) is 0 Å². The highest BCUT2D eigenvalue weighted by molar-refractivity contribution is 9.10. The van der Waals surface area contributed by atoms with Crippen LogP contribution in [0.5, 0.6) is 0 Å². The maximum Gasteiger partial charge on any atom is 0.272 e. The fraction of sp³-hybridized carbons (Fsp3) is 0. The molecule has 0 radical (unpaired) electrons. The molecule has 188 valence electrons. The van der Waals surface area contributed by atoms with E-state index in [0.29, 0.717) is 22.4 Å². The van der Waals surface area contributed by atoms with Gasteiger partial charge in [0, 0.05) is 21.3 Å². The average Bonchev–Trinajstić information content (AvgIpc) is 2.94. The lowest BCUT2D eigenvalue weighted by molar-refractivity contribution is -0.113. The van der Waals surface area contributed by atoms with Crippen LogP contribution >= 0.6 is 15.9 Å². The second-order valence-electron chi connectivity index (χ2n) is 8.21. The minimum Gasteiger partial charge on any atom is -0.321 e. The van der Waals surface area contributed by atoms with Crippen LogP contribution in [0.2, 0.25) is 0 Å². The van der Waals surface area contributed by atoms with Crippen LogP contribution in [0.1, 0.15) is 31.8 Å². The molecule has 0 aliphatic carbocycles. The van der Waals surface area contributed by atoms with Gasteiger partial charge in [-0.25, -0.2) is 4.39 Å². The summed E-state index contributed by atoms with van der Waals surface area (Å²) in [6.07, 6.45) is 4.59. The number of rotatable bonds is 8. The van der Waals surface area contributed by atoms with Gasteiger partial charge in [0.15, 0.2) is 5.78 Å². The predicted octanol–water partition coefficient (Wildman–Crippen LogP) is 6.89. The number of halogens is 2. The van der Waals surface area contributed by atoms with Gasteiger partial charge < -0.3 is 10.6 Å². The maximum absolute atomic E-state index is 13.1. The van der Waals surface area contributed by atoms with Crippen LogP contribution in [-0.4, -0.2) is 17.6 Å². The van der Waals surface area contributed by atoms with Crippen LogP contribution in [-0.2, 0) is 4.79 Å². The second-order valence-corrected chi connectivity index (χ2v) is 9.13. The van der Waals surface area contributed by atoms with Gasteiger partial charge in [0.25, 0.3) is 11.8 Å². The van der Waals surface area contributed by atoms with E-state index in [1.807, 2.05) is 24.3 Å². The smallest absolute Gasteiger partial charge is 0.272 e. The molecule has 0 aliphatic rings. The van der Waals surface area contributed by atoms with Gasteiger partial charge in [-0.1, -0.05) is 64.5 Å². The average molecular weight is 569 g/mol. The lowest BCUT2D eigenvalue weighted by Crippen LogP contribution is -2.30. The zero-order valence-electron chi connectivity index (χ0n) is 20.0. The number of hydrogen-bond donors (Lipinski definition) is 2. The van der Waals surface area contributed by atoms with Gasteiger partial charge in [0.1, 0.15) is 11.5 Å². The Morgan fingerprint density at radius 1 is 0.711 bits per heavy atom. The number of anilines is 1. The third-order valence-corrected chi connectivity index (χ3v) is 5.96. The highest BCUT2D eigenvalue weighted by Gasteiger charge is 2.15. The minimum absolute atomic E-state index is 0.0589. The van der Waals surface area contributed by atoms with E-state index >= 15 is 0 Å². The van der Waals surface area contributed by atoms with Crippen LogP contribution in [0.3, 0.4) is 0 Å². The molecule has 7 heteroatoms. The molecule has 4 aromatic rings. The Morgan fingerprint density at radius 3 is 2.00 bits per heavy atom. The quantitative estimate of drug-likeness (QED) is 0.179. The third-order valence-electron chi connectivity index (χ3n) is 5.43. The van der Waals surface area contributed by atoms with Gasteiger partial charge in [0.05, 0.1) is 0 Å². The van der Waals surface area contributed by atoms with Crippen molar-refractivity contribution in [3.8, 4) is 0 Å². The minimum atomic E-state index is -0.521. The number of nitrogens with one attached hydrogen (secondary N) is 2. The van der Waals surface area contributed by atoms with E-state index in [1.54, 1.807) is 78.9 Å². The molecule has 0 fully saturated rings. The third kappa shape index (κ3) is 7.44. The second kappa shape index (κ2) is 12.6.